The Balaban J connectivity index is 1.78. The first-order valence-electron chi connectivity index (χ1n) is 9.06. The average Bonchev–Trinajstić information content (AvgIpc) is 3.34. The van der Waals surface area contributed by atoms with E-state index >= 15 is 0 Å². The van der Waals surface area contributed by atoms with Gasteiger partial charge < -0.3 is 10.1 Å². The van der Waals surface area contributed by atoms with Crippen molar-refractivity contribution in [2.24, 2.45) is 0 Å². The predicted octanol–water partition coefficient (Wildman–Crippen LogP) is 4.73. The number of hydrogen-bond acceptors (Lipinski definition) is 6. The molecule has 4 nitrogen and oxygen atoms in total. The van der Waals surface area contributed by atoms with Gasteiger partial charge in [0.05, 0.1) is 12.2 Å². The Morgan fingerprint density at radius 2 is 2.15 bits per heavy atom. The highest BCUT2D eigenvalue weighted by Crippen LogP contribution is 2.46. The number of carbonyl (C=O) groups excluding carboxylic acids is 2. The van der Waals surface area contributed by atoms with E-state index in [0.717, 1.165) is 29.0 Å². The van der Waals surface area contributed by atoms with Crippen LogP contribution in [0.5, 0.6) is 0 Å². The molecule has 3 heterocycles. The van der Waals surface area contributed by atoms with E-state index in [0.29, 0.717) is 18.6 Å². The summed E-state index contributed by atoms with van der Waals surface area (Å²) in [6, 6.07) is 6.12. The Bertz CT molecular complexity index is 923. The van der Waals surface area contributed by atoms with E-state index < -0.39 is 0 Å². The molecule has 4 rings (SSSR count). The van der Waals surface area contributed by atoms with Crippen molar-refractivity contribution < 1.29 is 14.3 Å². The fourth-order valence-corrected chi connectivity index (χ4v) is 5.53. The number of esters is 1. The van der Waals surface area contributed by atoms with Crippen LogP contribution >= 0.6 is 22.7 Å². The van der Waals surface area contributed by atoms with Crippen LogP contribution in [0.15, 0.2) is 56.9 Å². The second kappa shape index (κ2) is 7.44. The zero-order valence-corrected chi connectivity index (χ0v) is 16.9. The Morgan fingerprint density at radius 1 is 1.30 bits per heavy atom. The number of allylic oxidation sites excluding steroid dienone is 3. The zero-order chi connectivity index (χ0) is 19.0. The molecular formula is C21H21NO3S2. The Morgan fingerprint density at radius 3 is 2.81 bits per heavy atom. The maximum absolute atomic E-state index is 13.2. The van der Waals surface area contributed by atoms with Crippen LogP contribution in [0.1, 0.15) is 49.0 Å². The third-order valence-electron chi connectivity index (χ3n) is 5.15. The summed E-state index contributed by atoms with van der Waals surface area (Å²) in [5, 5.41) is 9.42. The van der Waals surface area contributed by atoms with Crippen molar-refractivity contribution >= 4 is 34.4 Å². The van der Waals surface area contributed by atoms with Crippen LogP contribution in [-0.2, 0) is 14.3 Å². The van der Waals surface area contributed by atoms with Crippen LogP contribution < -0.4 is 5.32 Å². The number of nitrogens with one attached hydrogen (secondary N) is 1. The van der Waals surface area contributed by atoms with Gasteiger partial charge in [0.2, 0.25) is 0 Å². The van der Waals surface area contributed by atoms with E-state index in [-0.39, 0.29) is 23.6 Å². The Hall–Kier alpha value is -2.18. The smallest absolute Gasteiger partial charge is 0.336 e. The minimum atomic E-state index is -0.349. The third-order valence-corrected chi connectivity index (χ3v) is 6.88. The van der Waals surface area contributed by atoms with Crippen molar-refractivity contribution in [1.82, 2.24) is 5.32 Å². The Labute approximate surface area is 166 Å². The Kier molecular flexibility index (Phi) is 5.02. The van der Waals surface area contributed by atoms with Crippen LogP contribution in [0.4, 0.5) is 0 Å². The van der Waals surface area contributed by atoms with Crippen LogP contribution in [0.2, 0.25) is 0 Å². The number of Topliss-reactive ketones (excluding diaryl/α,β-unsaturated/α-hetero) is 1. The molecule has 6 heteroatoms. The first-order chi connectivity index (χ1) is 13.1. The number of ketones is 1. The molecule has 2 aliphatic rings. The topological polar surface area (TPSA) is 55.4 Å². The number of thiophene rings is 2. The number of ether oxygens (including phenoxy) is 1. The number of hydrogen-bond donors (Lipinski definition) is 1. The van der Waals surface area contributed by atoms with E-state index in [1.165, 1.54) is 4.88 Å². The summed E-state index contributed by atoms with van der Waals surface area (Å²) in [4.78, 5) is 27.1. The number of carbonyl (C=O) groups is 2. The minimum absolute atomic E-state index is 0.118. The summed E-state index contributed by atoms with van der Waals surface area (Å²) < 4.78 is 5.31. The van der Waals surface area contributed by atoms with E-state index in [4.69, 9.17) is 4.74 Å². The lowest BCUT2D eigenvalue weighted by Crippen LogP contribution is -2.35. The summed E-state index contributed by atoms with van der Waals surface area (Å²) in [7, 11) is 0. The lowest BCUT2D eigenvalue weighted by atomic mass is 9.73. The third kappa shape index (κ3) is 3.28. The molecule has 2 aromatic rings. The maximum atomic E-state index is 13.2. The quantitative estimate of drug-likeness (QED) is 0.755. The van der Waals surface area contributed by atoms with Gasteiger partial charge in [-0.2, -0.15) is 11.3 Å². The fraction of sp³-hybridized carbons (Fsp3) is 0.333. The molecule has 2 aromatic heterocycles. The molecule has 2 atom stereocenters. The maximum Gasteiger partial charge on any atom is 0.336 e. The molecule has 0 fully saturated rings. The van der Waals surface area contributed by atoms with E-state index in [1.54, 1.807) is 29.6 Å². The van der Waals surface area contributed by atoms with Gasteiger partial charge in [0.25, 0.3) is 0 Å². The van der Waals surface area contributed by atoms with Gasteiger partial charge in [-0.1, -0.05) is 6.07 Å². The standard InChI is InChI=1S/C21H21NO3S2/c1-3-25-21(24)18-12(2)22-15-9-14(17-5-4-7-27-17)10-16(23)20(15)19(18)13-6-8-26-11-13/h4-8,11,14,19,22H,3,9-10H2,1-2H3. The highest BCUT2D eigenvalue weighted by molar-refractivity contribution is 7.10. The molecule has 0 spiro atoms. The van der Waals surface area contributed by atoms with Crippen molar-refractivity contribution in [1.29, 1.82) is 0 Å². The second-order valence-corrected chi connectivity index (χ2v) is 8.57. The van der Waals surface area contributed by atoms with Crippen LogP contribution in [0.25, 0.3) is 0 Å². The second-order valence-electron chi connectivity index (χ2n) is 6.81. The van der Waals surface area contributed by atoms with E-state index in [1.807, 2.05) is 29.8 Å². The molecule has 140 valence electrons. The summed E-state index contributed by atoms with van der Waals surface area (Å²) in [5.41, 5.74) is 4.00. The summed E-state index contributed by atoms with van der Waals surface area (Å²) in [6.45, 7) is 4.01. The van der Waals surface area contributed by atoms with Gasteiger partial charge in [0.1, 0.15) is 0 Å². The molecule has 0 radical (unpaired) electrons. The molecule has 0 saturated carbocycles. The molecule has 0 saturated heterocycles. The van der Waals surface area contributed by atoms with Crippen LogP contribution in [0, 0.1) is 0 Å². The lowest BCUT2D eigenvalue weighted by Gasteiger charge is -2.36. The summed E-state index contributed by atoms with van der Waals surface area (Å²) >= 11 is 3.27. The van der Waals surface area contributed by atoms with Gasteiger partial charge in [-0.3, -0.25) is 4.79 Å². The van der Waals surface area contributed by atoms with Crippen LogP contribution in [0.3, 0.4) is 0 Å². The van der Waals surface area contributed by atoms with Crippen molar-refractivity contribution in [3.63, 3.8) is 0 Å². The largest absolute Gasteiger partial charge is 0.463 e. The molecule has 1 aliphatic heterocycles. The molecule has 0 aromatic carbocycles. The number of dihydropyridines is 1. The minimum Gasteiger partial charge on any atom is -0.463 e. The van der Waals surface area contributed by atoms with Crippen molar-refractivity contribution in [2.75, 3.05) is 6.61 Å². The van der Waals surface area contributed by atoms with Crippen molar-refractivity contribution in [3.8, 4) is 0 Å². The molecule has 1 aliphatic carbocycles. The predicted molar refractivity (Wildman–Crippen MR) is 108 cm³/mol. The van der Waals surface area contributed by atoms with Gasteiger partial charge in [0.15, 0.2) is 5.78 Å². The fourth-order valence-electron chi connectivity index (χ4n) is 4.02. The van der Waals surface area contributed by atoms with Gasteiger partial charge in [-0.05, 0) is 54.1 Å². The van der Waals surface area contributed by atoms with E-state index in [2.05, 4.69) is 16.8 Å². The SMILES string of the molecule is CCOC(=O)C1=C(C)NC2=C(C(=O)CC(c3cccs3)C2)C1c1ccsc1. The normalized spacial score (nSPS) is 22.5. The van der Waals surface area contributed by atoms with Gasteiger partial charge in [-0.25, -0.2) is 4.79 Å². The van der Waals surface area contributed by atoms with Gasteiger partial charge in [-0.15, -0.1) is 11.3 Å². The van der Waals surface area contributed by atoms with Gasteiger partial charge in [0, 0.05) is 40.1 Å². The molecule has 2 unspecified atom stereocenters. The molecule has 0 amide bonds. The monoisotopic (exact) mass is 399 g/mol. The van der Waals surface area contributed by atoms with Crippen molar-refractivity contribution in [2.45, 2.75) is 38.5 Å². The lowest BCUT2D eigenvalue weighted by molar-refractivity contribution is -0.138. The molecule has 27 heavy (non-hydrogen) atoms. The molecular weight excluding hydrogens is 378 g/mol. The first kappa shape index (κ1) is 18.2. The summed E-state index contributed by atoms with van der Waals surface area (Å²) in [6.07, 6.45) is 1.27. The average molecular weight is 400 g/mol. The highest BCUT2D eigenvalue weighted by Gasteiger charge is 2.41. The first-order valence-corrected chi connectivity index (χ1v) is 10.9. The zero-order valence-electron chi connectivity index (χ0n) is 15.3. The van der Waals surface area contributed by atoms with Crippen molar-refractivity contribution in [3.05, 3.63) is 67.3 Å². The molecule has 0 bridgehead atoms. The van der Waals surface area contributed by atoms with Gasteiger partial charge >= 0.3 is 5.97 Å². The molecule has 1 N–H and O–H groups in total. The number of rotatable bonds is 4. The highest BCUT2D eigenvalue weighted by atomic mass is 32.1. The van der Waals surface area contributed by atoms with E-state index in [9.17, 15) is 9.59 Å². The summed E-state index contributed by atoms with van der Waals surface area (Å²) in [5.74, 6) is -0.377. The van der Waals surface area contributed by atoms with Crippen LogP contribution in [-0.4, -0.2) is 18.4 Å².